The van der Waals surface area contributed by atoms with Gasteiger partial charge in [0.25, 0.3) is 0 Å². The van der Waals surface area contributed by atoms with Crippen LogP contribution in [-0.4, -0.2) is 15.0 Å². The third-order valence-corrected chi connectivity index (χ3v) is 7.99. The van der Waals surface area contributed by atoms with Crippen molar-refractivity contribution in [3.05, 3.63) is 138 Å². The lowest BCUT2D eigenvalue weighted by atomic mass is 9.79. The van der Waals surface area contributed by atoms with Gasteiger partial charge in [0.1, 0.15) is 0 Å². The molecule has 40 heavy (non-hydrogen) atoms. The van der Waals surface area contributed by atoms with Crippen LogP contribution in [0.15, 0.2) is 121 Å². The smallest absolute Gasteiger partial charge is 0.164 e. The molecule has 0 bridgehead atoms. The summed E-state index contributed by atoms with van der Waals surface area (Å²) in [5.41, 5.74) is 11.1. The Morgan fingerprint density at radius 1 is 0.500 bits per heavy atom. The van der Waals surface area contributed by atoms with Gasteiger partial charge in [-0.2, -0.15) is 0 Å². The number of benzene rings is 5. The van der Waals surface area contributed by atoms with Gasteiger partial charge in [0.2, 0.25) is 0 Å². The highest BCUT2D eigenvalue weighted by Gasteiger charge is 2.22. The van der Waals surface area contributed by atoms with Crippen LogP contribution in [0.25, 0.3) is 67.7 Å². The van der Waals surface area contributed by atoms with E-state index in [0.29, 0.717) is 17.5 Å². The molecule has 0 amide bonds. The van der Waals surface area contributed by atoms with E-state index in [4.69, 9.17) is 15.0 Å². The van der Waals surface area contributed by atoms with Crippen LogP contribution in [0.2, 0.25) is 0 Å². The lowest BCUT2D eigenvalue weighted by Crippen LogP contribution is -2.04. The molecule has 188 valence electrons. The van der Waals surface area contributed by atoms with Gasteiger partial charge in [0.05, 0.1) is 0 Å². The van der Waals surface area contributed by atoms with E-state index in [0.717, 1.165) is 29.5 Å². The Balaban J connectivity index is 1.23. The molecule has 1 heterocycles. The summed E-state index contributed by atoms with van der Waals surface area (Å²) in [6.45, 7) is 0. The second-order valence-corrected chi connectivity index (χ2v) is 10.4. The number of hydrogen-bond donors (Lipinski definition) is 0. The minimum atomic E-state index is 0.674. The average molecular weight is 512 g/mol. The van der Waals surface area contributed by atoms with E-state index in [1.807, 2.05) is 60.7 Å². The lowest BCUT2D eigenvalue weighted by molar-refractivity contribution is 1.07. The summed E-state index contributed by atoms with van der Waals surface area (Å²) in [7, 11) is 0. The molecule has 0 spiro atoms. The maximum atomic E-state index is 4.89. The molecule has 0 radical (unpaired) electrons. The van der Waals surface area contributed by atoms with Crippen molar-refractivity contribution in [3.8, 4) is 45.3 Å². The summed E-state index contributed by atoms with van der Waals surface area (Å²) in [6.07, 6.45) is 8.95. The molecule has 1 aromatic heterocycles. The van der Waals surface area contributed by atoms with Crippen LogP contribution in [0, 0.1) is 0 Å². The SMILES string of the molecule is C1=Cc2ccc3ccc(-c4ccc(-c5nc(-c6ccccc6)nc(-c6ccccc6)n5)cc4)c4c3c2C(=CC4)C1. The highest BCUT2D eigenvalue weighted by atomic mass is 15.0. The highest BCUT2D eigenvalue weighted by Crippen LogP contribution is 2.43. The molecule has 0 saturated carbocycles. The molecule has 0 N–H and O–H groups in total. The van der Waals surface area contributed by atoms with Crippen molar-refractivity contribution in [2.24, 2.45) is 0 Å². The largest absolute Gasteiger partial charge is 0.208 e. The first kappa shape index (κ1) is 22.8. The van der Waals surface area contributed by atoms with E-state index in [9.17, 15) is 0 Å². The normalized spacial score (nSPS) is 13.3. The number of rotatable bonds is 4. The maximum Gasteiger partial charge on any atom is 0.164 e. The molecule has 0 saturated heterocycles. The van der Waals surface area contributed by atoms with E-state index >= 15 is 0 Å². The van der Waals surface area contributed by atoms with Crippen LogP contribution in [0.3, 0.4) is 0 Å². The fourth-order valence-electron chi connectivity index (χ4n) is 6.04. The molecule has 0 atom stereocenters. The van der Waals surface area contributed by atoms with Gasteiger partial charge in [0.15, 0.2) is 17.5 Å². The third kappa shape index (κ3) is 3.78. The van der Waals surface area contributed by atoms with Crippen molar-refractivity contribution in [1.29, 1.82) is 0 Å². The van der Waals surface area contributed by atoms with Gasteiger partial charge in [0, 0.05) is 16.7 Å². The summed E-state index contributed by atoms with van der Waals surface area (Å²) in [5.74, 6) is 2.02. The van der Waals surface area contributed by atoms with Gasteiger partial charge in [-0.15, -0.1) is 0 Å². The second-order valence-electron chi connectivity index (χ2n) is 10.4. The van der Waals surface area contributed by atoms with Gasteiger partial charge >= 0.3 is 0 Å². The first-order valence-electron chi connectivity index (χ1n) is 13.7. The standard InChI is InChI=1S/C37H25N3/c1-3-8-28(9-4-1)35-38-36(29-10-5-2-6-11-29)40-37(39-35)30-18-14-24(15-19-30)31-22-20-27-17-16-25-12-7-13-26-21-23-32(31)34(27)33(25)26/h1-12,14-22H,13,23H2. The maximum absolute atomic E-state index is 4.89. The molecule has 3 heteroatoms. The van der Waals surface area contributed by atoms with Crippen LogP contribution in [0.5, 0.6) is 0 Å². The molecule has 2 aliphatic carbocycles. The van der Waals surface area contributed by atoms with Crippen LogP contribution in [0.1, 0.15) is 23.1 Å². The predicted octanol–water partition coefficient (Wildman–Crippen LogP) is 9.05. The molecule has 2 aliphatic rings. The average Bonchev–Trinajstić information content (AvgIpc) is 3.04. The van der Waals surface area contributed by atoms with Crippen LogP contribution < -0.4 is 0 Å². The third-order valence-electron chi connectivity index (χ3n) is 7.99. The number of aromatic nitrogens is 3. The van der Waals surface area contributed by atoms with Crippen LogP contribution >= 0.6 is 0 Å². The predicted molar refractivity (Wildman–Crippen MR) is 164 cm³/mol. The van der Waals surface area contributed by atoms with E-state index < -0.39 is 0 Å². The minimum Gasteiger partial charge on any atom is -0.208 e. The Morgan fingerprint density at radius 3 is 1.73 bits per heavy atom. The van der Waals surface area contributed by atoms with E-state index in [2.05, 4.69) is 66.8 Å². The second kappa shape index (κ2) is 9.25. The molecule has 0 fully saturated rings. The molecule has 0 unspecified atom stereocenters. The fraction of sp³-hybridized carbons (Fsp3) is 0.0541. The topological polar surface area (TPSA) is 38.7 Å². The fourth-order valence-corrected chi connectivity index (χ4v) is 6.04. The van der Waals surface area contributed by atoms with Crippen LogP contribution in [-0.2, 0) is 6.42 Å². The van der Waals surface area contributed by atoms with Crippen molar-refractivity contribution in [2.75, 3.05) is 0 Å². The van der Waals surface area contributed by atoms with Gasteiger partial charge in [-0.1, -0.05) is 127 Å². The molecule has 3 nitrogen and oxygen atoms in total. The first-order valence-corrected chi connectivity index (χ1v) is 13.7. The monoisotopic (exact) mass is 511 g/mol. The number of nitrogens with zero attached hydrogens (tertiary/aromatic N) is 3. The van der Waals surface area contributed by atoms with Crippen molar-refractivity contribution >= 4 is 22.4 Å². The van der Waals surface area contributed by atoms with Crippen molar-refractivity contribution in [1.82, 2.24) is 15.0 Å². The Hall–Kier alpha value is -5.15. The summed E-state index contributed by atoms with van der Waals surface area (Å²) in [6, 6.07) is 38.0. The first-order chi connectivity index (χ1) is 19.8. The van der Waals surface area contributed by atoms with Gasteiger partial charge in [-0.05, 0) is 57.0 Å². The molecular formula is C37H25N3. The molecule has 6 aromatic rings. The molecule has 0 aliphatic heterocycles. The number of hydrogen-bond acceptors (Lipinski definition) is 3. The zero-order chi connectivity index (χ0) is 26.5. The van der Waals surface area contributed by atoms with Crippen LogP contribution in [0.4, 0.5) is 0 Å². The quantitative estimate of drug-likeness (QED) is 0.237. The Morgan fingerprint density at radius 2 is 1.07 bits per heavy atom. The molecule has 8 rings (SSSR count). The van der Waals surface area contributed by atoms with E-state index in [1.54, 1.807) is 0 Å². The summed E-state index contributed by atoms with van der Waals surface area (Å²) in [4.78, 5) is 14.6. The lowest BCUT2D eigenvalue weighted by Gasteiger charge is -2.25. The Labute approximate surface area is 233 Å². The van der Waals surface area contributed by atoms with Gasteiger partial charge in [-0.25, -0.2) is 15.0 Å². The van der Waals surface area contributed by atoms with Gasteiger partial charge in [-0.3, -0.25) is 0 Å². The molecule has 5 aromatic carbocycles. The highest BCUT2D eigenvalue weighted by molar-refractivity contribution is 6.05. The minimum absolute atomic E-state index is 0.674. The number of allylic oxidation sites excluding steroid dienone is 3. The molecular weight excluding hydrogens is 486 g/mol. The van der Waals surface area contributed by atoms with E-state index in [1.165, 1.54) is 44.2 Å². The van der Waals surface area contributed by atoms with Crippen molar-refractivity contribution < 1.29 is 0 Å². The van der Waals surface area contributed by atoms with Crippen molar-refractivity contribution in [3.63, 3.8) is 0 Å². The Kier molecular flexibility index (Phi) is 5.27. The summed E-state index contributed by atoms with van der Waals surface area (Å²) < 4.78 is 0. The Bertz CT molecular complexity index is 1910. The van der Waals surface area contributed by atoms with Crippen molar-refractivity contribution in [2.45, 2.75) is 12.8 Å². The zero-order valence-corrected chi connectivity index (χ0v) is 21.9. The zero-order valence-electron chi connectivity index (χ0n) is 21.9. The van der Waals surface area contributed by atoms with E-state index in [-0.39, 0.29) is 0 Å². The van der Waals surface area contributed by atoms with Gasteiger partial charge < -0.3 is 0 Å². The summed E-state index contributed by atoms with van der Waals surface area (Å²) in [5, 5.41) is 2.74. The summed E-state index contributed by atoms with van der Waals surface area (Å²) >= 11 is 0.